The zero-order chi connectivity index (χ0) is 9.54. The van der Waals surface area contributed by atoms with Crippen LogP contribution in [0.15, 0.2) is 0 Å². The van der Waals surface area contributed by atoms with E-state index in [2.05, 4.69) is 10.6 Å². The Morgan fingerprint density at radius 1 is 1.36 bits per heavy atom. The molecular formula is C10H16N2O2. The molecule has 0 bridgehead atoms. The molecule has 0 aromatic carbocycles. The number of carbonyl (C=O) groups excluding carboxylic acids is 1. The van der Waals surface area contributed by atoms with Crippen molar-refractivity contribution in [3.05, 3.63) is 0 Å². The van der Waals surface area contributed by atoms with Crippen LogP contribution in [0, 0.1) is 17.8 Å². The summed E-state index contributed by atoms with van der Waals surface area (Å²) in [7, 11) is 0. The van der Waals surface area contributed by atoms with Crippen LogP contribution < -0.4 is 10.6 Å². The maximum absolute atomic E-state index is 11.8. The Balaban J connectivity index is 1.51. The van der Waals surface area contributed by atoms with E-state index >= 15 is 0 Å². The van der Waals surface area contributed by atoms with Crippen LogP contribution >= 0.6 is 0 Å². The summed E-state index contributed by atoms with van der Waals surface area (Å²) in [4.78, 5) is 11.8. The lowest BCUT2D eigenvalue weighted by atomic mass is 10.2. The third-order valence-electron chi connectivity index (χ3n) is 3.67. The fraction of sp³-hybridized carbons (Fsp3) is 0.900. The van der Waals surface area contributed by atoms with Gasteiger partial charge in [-0.3, -0.25) is 4.79 Å². The van der Waals surface area contributed by atoms with Crippen molar-refractivity contribution in [1.29, 1.82) is 0 Å². The summed E-state index contributed by atoms with van der Waals surface area (Å²) in [6.45, 7) is 3.56. The van der Waals surface area contributed by atoms with Crippen molar-refractivity contribution >= 4 is 5.91 Å². The maximum atomic E-state index is 11.8. The first-order valence-corrected chi connectivity index (χ1v) is 5.45. The van der Waals surface area contributed by atoms with Gasteiger partial charge in [0.1, 0.15) is 0 Å². The minimum atomic E-state index is 0.261. The van der Waals surface area contributed by atoms with Gasteiger partial charge in [0.15, 0.2) is 0 Å². The van der Waals surface area contributed by atoms with E-state index in [1.807, 2.05) is 0 Å². The number of rotatable bonds is 2. The average molecular weight is 196 g/mol. The number of hydrogen-bond acceptors (Lipinski definition) is 3. The highest BCUT2D eigenvalue weighted by Crippen LogP contribution is 2.48. The Morgan fingerprint density at radius 3 is 2.79 bits per heavy atom. The Hall–Kier alpha value is -0.610. The maximum Gasteiger partial charge on any atom is 0.224 e. The van der Waals surface area contributed by atoms with E-state index in [-0.39, 0.29) is 11.9 Å². The third-order valence-corrected chi connectivity index (χ3v) is 3.67. The molecule has 0 spiro atoms. The predicted molar refractivity (Wildman–Crippen MR) is 50.7 cm³/mol. The minimum Gasteiger partial charge on any atom is -0.379 e. The van der Waals surface area contributed by atoms with Crippen LogP contribution in [0.2, 0.25) is 0 Å². The molecule has 1 aliphatic carbocycles. The monoisotopic (exact) mass is 196 g/mol. The molecule has 2 N–H and O–H groups in total. The topological polar surface area (TPSA) is 50.4 Å². The molecule has 2 heterocycles. The number of nitrogens with one attached hydrogen (secondary N) is 2. The van der Waals surface area contributed by atoms with E-state index in [0.717, 1.165) is 26.1 Å². The fourth-order valence-electron chi connectivity index (χ4n) is 2.75. The largest absolute Gasteiger partial charge is 0.379 e. The molecule has 0 aromatic heterocycles. The van der Waals surface area contributed by atoms with Gasteiger partial charge in [0.2, 0.25) is 5.91 Å². The molecule has 3 fully saturated rings. The lowest BCUT2D eigenvalue weighted by Gasteiger charge is -2.11. The van der Waals surface area contributed by atoms with Crippen LogP contribution in [0.4, 0.5) is 0 Å². The quantitative estimate of drug-likeness (QED) is 0.617. The predicted octanol–water partition coefficient (Wildman–Crippen LogP) is -0.643. The van der Waals surface area contributed by atoms with E-state index in [1.54, 1.807) is 0 Å². The summed E-state index contributed by atoms with van der Waals surface area (Å²) in [5.41, 5.74) is 0. The van der Waals surface area contributed by atoms with Gasteiger partial charge >= 0.3 is 0 Å². The number of piperidine rings is 1. The summed E-state index contributed by atoms with van der Waals surface area (Å²) in [6.07, 6.45) is 0.978. The van der Waals surface area contributed by atoms with Gasteiger partial charge in [-0.2, -0.15) is 0 Å². The molecule has 4 atom stereocenters. The van der Waals surface area contributed by atoms with E-state index in [9.17, 15) is 4.79 Å². The highest BCUT2D eigenvalue weighted by Gasteiger charge is 2.57. The van der Waals surface area contributed by atoms with E-state index in [0.29, 0.717) is 24.4 Å². The molecular weight excluding hydrogens is 180 g/mol. The van der Waals surface area contributed by atoms with Crippen LogP contribution in [0.3, 0.4) is 0 Å². The number of ether oxygens (including phenoxy) is 1. The molecule has 78 valence electrons. The zero-order valence-corrected chi connectivity index (χ0v) is 8.16. The van der Waals surface area contributed by atoms with Crippen molar-refractivity contribution in [1.82, 2.24) is 10.6 Å². The van der Waals surface area contributed by atoms with Gasteiger partial charge in [0.05, 0.1) is 12.6 Å². The van der Waals surface area contributed by atoms with Crippen LogP contribution in [-0.2, 0) is 9.53 Å². The van der Waals surface area contributed by atoms with Gasteiger partial charge in [-0.05, 0) is 31.3 Å². The molecule has 3 rings (SSSR count). The second-order valence-electron chi connectivity index (χ2n) is 4.58. The summed E-state index contributed by atoms with van der Waals surface area (Å²) >= 11 is 0. The smallest absolute Gasteiger partial charge is 0.224 e. The van der Waals surface area contributed by atoms with Gasteiger partial charge in [-0.25, -0.2) is 0 Å². The van der Waals surface area contributed by atoms with E-state index in [4.69, 9.17) is 4.74 Å². The number of fused-ring (bicyclic) bond motifs is 1. The van der Waals surface area contributed by atoms with Crippen molar-refractivity contribution in [3.63, 3.8) is 0 Å². The Bertz CT molecular complexity index is 241. The van der Waals surface area contributed by atoms with E-state index < -0.39 is 0 Å². The van der Waals surface area contributed by atoms with Crippen molar-refractivity contribution in [3.8, 4) is 0 Å². The molecule has 1 amide bonds. The average Bonchev–Trinajstić information content (AvgIpc) is 2.63. The van der Waals surface area contributed by atoms with Crippen LogP contribution in [0.25, 0.3) is 0 Å². The highest BCUT2D eigenvalue weighted by molar-refractivity contribution is 5.82. The number of carbonyl (C=O) groups is 1. The van der Waals surface area contributed by atoms with Gasteiger partial charge in [-0.15, -0.1) is 0 Å². The minimum absolute atomic E-state index is 0.261. The molecule has 4 heteroatoms. The van der Waals surface area contributed by atoms with Crippen molar-refractivity contribution < 1.29 is 9.53 Å². The van der Waals surface area contributed by atoms with Crippen molar-refractivity contribution in [2.45, 2.75) is 12.5 Å². The number of amides is 1. The fourth-order valence-corrected chi connectivity index (χ4v) is 2.75. The SMILES string of the molecule is O=C(NC1CCOC1)C1[C@H]2CNC[C@@H]12. The molecule has 2 aliphatic heterocycles. The van der Waals surface area contributed by atoms with Gasteiger partial charge in [0.25, 0.3) is 0 Å². The van der Waals surface area contributed by atoms with Crippen LogP contribution in [-0.4, -0.2) is 38.3 Å². The zero-order valence-electron chi connectivity index (χ0n) is 8.16. The van der Waals surface area contributed by atoms with Crippen LogP contribution in [0.5, 0.6) is 0 Å². The molecule has 0 aromatic rings. The highest BCUT2D eigenvalue weighted by atomic mass is 16.5. The standard InChI is InChI=1S/C10H16N2O2/c13-10(12-6-1-2-14-5-6)9-7-3-11-4-8(7)9/h6-9,11H,1-5H2,(H,12,13)/t6?,7-,8+,9?. The van der Waals surface area contributed by atoms with Gasteiger partial charge in [0, 0.05) is 12.5 Å². The Labute approximate surface area is 83.4 Å². The van der Waals surface area contributed by atoms with E-state index in [1.165, 1.54) is 0 Å². The lowest BCUT2D eigenvalue weighted by molar-refractivity contribution is -0.123. The van der Waals surface area contributed by atoms with Crippen molar-refractivity contribution in [2.75, 3.05) is 26.3 Å². The Kier molecular flexibility index (Phi) is 1.99. The van der Waals surface area contributed by atoms with Crippen LogP contribution in [0.1, 0.15) is 6.42 Å². The second-order valence-corrected chi connectivity index (χ2v) is 4.58. The summed E-state index contributed by atoms with van der Waals surface area (Å²) in [5.74, 6) is 1.81. The van der Waals surface area contributed by atoms with Gasteiger partial charge < -0.3 is 15.4 Å². The van der Waals surface area contributed by atoms with Crippen molar-refractivity contribution in [2.24, 2.45) is 17.8 Å². The molecule has 2 saturated heterocycles. The van der Waals surface area contributed by atoms with Gasteiger partial charge in [-0.1, -0.05) is 0 Å². The summed E-state index contributed by atoms with van der Waals surface area (Å²) in [6, 6.07) is 0.275. The first kappa shape index (κ1) is 8.68. The molecule has 3 aliphatic rings. The second kappa shape index (κ2) is 3.21. The first-order chi connectivity index (χ1) is 6.86. The summed E-state index contributed by atoms with van der Waals surface area (Å²) in [5, 5.41) is 6.37. The number of hydrogen-bond donors (Lipinski definition) is 2. The molecule has 14 heavy (non-hydrogen) atoms. The third kappa shape index (κ3) is 1.33. The Morgan fingerprint density at radius 2 is 2.14 bits per heavy atom. The molecule has 0 radical (unpaired) electrons. The lowest BCUT2D eigenvalue weighted by Crippen LogP contribution is -2.38. The molecule has 2 unspecified atom stereocenters. The first-order valence-electron chi connectivity index (χ1n) is 5.45. The molecule has 1 saturated carbocycles. The summed E-state index contributed by atoms with van der Waals surface area (Å²) < 4.78 is 5.23. The normalized spacial score (nSPS) is 44.9. The molecule has 4 nitrogen and oxygen atoms in total.